The molecule has 2 rings (SSSR count). The van der Waals surface area contributed by atoms with Crippen LogP contribution in [-0.2, 0) is 9.59 Å². The number of hydrogen-bond donors (Lipinski definition) is 3. The number of amides is 2. The molecule has 1 heterocycles. The highest BCUT2D eigenvalue weighted by Crippen LogP contribution is 2.31. The van der Waals surface area contributed by atoms with Crippen molar-refractivity contribution in [2.75, 3.05) is 6.54 Å². The van der Waals surface area contributed by atoms with Crippen LogP contribution >= 0.6 is 0 Å². The van der Waals surface area contributed by atoms with E-state index in [1.165, 1.54) is 19.3 Å². The van der Waals surface area contributed by atoms with Crippen molar-refractivity contribution in [2.45, 2.75) is 70.9 Å². The monoisotopic (exact) mass is 351 g/mol. The van der Waals surface area contributed by atoms with Crippen LogP contribution in [0.25, 0.3) is 0 Å². The fourth-order valence-corrected chi connectivity index (χ4v) is 2.89. The normalized spacial score (nSPS) is 18.0. The number of nitrogens with two attached hydrogens (primary N) is 1. The lowest BCUT2D eigenvalue weighted by Gasteiger charge is -2.17. The van der Waals surface area contributed by atoms with Crippen molar-refractivity contribution >= 4 is 11.8 Å². The van der Waals surface area contributed by atoms with Crippen LogP contribution in [0.5, 0.6) is 0 Å². The first-order chi connectivity index (χ1) is 11.9. The molecular formula is C17H29N5O3. The molecule has 2 atom stereocenters. The largest absolute Gasteiger partial charge is 0.346 e. The summed E-state index contributed by atoms with van der Waals surface area (Å²) in [6.07, 6.45) is 5.82. The van der Waals surface area contributed by atoms with Crippen LogP contribution < -0.4 is 16.4 Å². The SMILES string of the molecule is CC(NC(=O)CNC(=O)[C@@H](N)C(C)C)c1nc(C2CCCCC2)no1. The predicted octanol–water partition coefficient (Wildman–Crippen LogP) is 1.39. The molecule has 8 nitrogen and oxygen atoms in total. The third kappa shape index (κ3) is 5.52. The highest BCUT2D eigenvalue weighted by Gasteiger charge is 2.24. The van der Waals surface area contributed by atoms with Crippen LogP contribution in [0.4, 0.5) is 0 Å². The van der Waals surface area contributed by atoms with Gasteiger partial charge in [0.15, 0.2) is 5.82 Å². The summed E-state index contributed by atoms with van der Waals surface area (Å²) in [5.74, 6) is 0.820. The average molecular weight is 351 g/mol. The van der Waals surface area contributed by atoms with Crippen LogP contribution in [0.3, 0.4) is 0 Å². The summed E-state index contributed by atoms with van der Waals surface area (Å²) in [5.41, 5.74) is 5.74. The number of carbonyl (C=O) groups excluding carboxylic acids is 2. The van der Waals surface area contributed by atoms with Crippen molar-refractivity contribution in [3.63, 3.8) is 0 Å². The van der Waals surface area contributed by atoms with Gasteiger partial charge in [-0.3, -0.25) is 9.59 Å². The van der Waals surface area contributed by atoms with Crippen LogP contribution in [0.1, 0.15) is 76.6 Å². The third-order valence-corrected chi connectivity index (χ3v) is 4.62. The number of carbonyl (C=O) groups is 2. The summed E-state index contributed by atoms with van der Waals surface area (Å²) >= 11 is 0. The summed E-state index contributed by atoms with van der Waals surface area (Å²) in [5, 5.41) is 9.34. The molecule has 0 aliphatic heterocycles. The Bertz CT molecular complexity index is 581. The Hall–Kier alpha value is -1.96. The molecule has 0 radical (unpaired) electrons. The average Bonchev–Trinajstić information content (AvgIpc) is 3.10. The van der Waals surface area contributed by atoms with Gasteiger partial charge in [-0.05, 0) is 25.7 Å². The van der Waals surface area contributed by atoms with Gasteiger partial charge in [-0.25, -0.2) is 0 Å². The predicted molar refractivity (Wildman–Crippen MR) is 92.5 cm³/mol. The van der Waals surface area contributed by atoms with Crippen molar-refractivity contribution in [3.05, 3.63) is 11.7 Å². The van der Waals surface area contributed by atoms with Crippen molar-refractivity contribution < 1.29 is 14.1 Å². The van der Waals surface area contributed by atoms with Gasteiger partial charge < -0.3 is 20.9 Å². The van der Waals surface area contributed by atoms with E-state index in [1.54, 1.807) is 6.92 Å². The lowest BCUT2D eigenvalue weighted by molar-refractivity contribution is -0.127. The van der Waals surface area contributed by atoms with E-state index < -0.39 is 12.1 Å². The topological polar surface area (TPSA) is 123 Å². The minimum absolute atomic E-state index is 0.0126. The zero-order valence-corrected chi connectivity index (χ0v) is 15.2. The number of hydrogen-bond acceptors (Lipinski definition) is 6. The molecule has 2 amide bonds. The fraction of sp³-hybridized carbons (Fsp3) is 0.765. The van der Waals surface area contributed by atoms with Gasteiger partial charge in [0.2, 0.25) is 17.7 Å². The minimum atomic E-state index is -0.626. The maximum atomic E-state index is 12.0. The van der Waals surface area contributed by atoms with E-state index in [4.69, 9.17) is 10.3 Å². The quantitative estimate of drug-likeness (QED) is 0.682. The van der Waals surface area contributed by atoms with Crippen LogP contribution in [0, 0.1) is 5.92 Å². The fourth-order valence-electron chi connectivity index (χ4n) is 2.89. The molecule has 1 unspecified atom stereocenters. The summed E-state index contributed by atoms with van der Waals surface area (Å²) in [4.78, 5) is 28.2. The van der Waals surface area contributed by atoms with E-state index in [0.29, 0.717) is 11.8 Å². The number of nitrogens with one attached hydrogen (secondary N) is 2. The van der Waals surface area contributed by atoms with E-state index in [1.807, 2.05) is 13.8 Å². The Morgan fingerprint density at radius 3 is 2.56 bits per heavy atom. The molecule has 4 N–H and O–H groups in total. The molecule has 1 aliphatic carbocycles. The van der Waals surface area contributed by atoms with E-state index in [9.17, 15) is 9.59 Å². The van der Waals surface area contributed by atoms with Gasteiger partial charge in [-0.15, -0.1) is 0 Å². The maximum Gasteiger partial charge on any atom is 0.248 e. The minimum Gasteiger partial charge on any atom is -0.346 e. The van der Waals surface area contributed by atoms with E-state index >= 15 is 0 Å². The zero-order valence-electron chi connectivity index (χ0n) is 15.2. The van der Waals surface area contributed by atoms with Crippen molar-refractivity contribution in [1.29, 1.82) is 0 Å². The molecule has 140 valence electrons. The lowest BCUT2D eigenvalue weighted by Crippen LogP contribution is -2.47. The molecule has 1 aliphatic rings. The van der Waals surface area contributed by atoms with Gasteiger partial charge in [-0.2, -0.15) is 4.98 Å². The summed E-state index contributed by atoms with van der Waals surface area (Å²) in [6, 6.07) is -1.03. The Morgan fingerprint density at radius 2 is 1.92 bits per heavy atom. The van der Waals surface area contributed by atoms with E-state index in [2.05, 4.69) is 20.8 Å². The highest BCUT2D eigenvalue weighted by atomic mass is 16.5. The first-order valence-corrected chi connectivity index (χ1v) is 9.04. The molecule has 1 aromatic rings. The smallest absolute Gasteiger partial charge is 0.248 e. The molecular weight excluding hydrogens is 322 g/mol. The first-order valence-electron chi connectivity index (χ1n) is 9.04. The number of rotatable bonds is 7. The third-order valence-electron chi connectivity index (χ3n) is 4.62. The van der Waals surface area contributed by atoms with Gasteiger partial charge in [-0.1, -0.05) is 38.3 Å². The van der Waals surface area contributed by atoms with E-state index in [0.717, 1.165) is 18.7 Å². The molecule has 0 aromatic carbocycles. The Morgan fingerprint density at radius 1 is 1.24 bits per heavy atom. The van der Waals surface area contributed by atoms with Crippen LogP contribution in [-0.4, -0.2) is 34.5 Å². The first kappa shape index (κ1) is 19.4. The van der Waals surface area contributed by atoms with Crippen LogP contribution in [0.15, 0.2) is 4.52 Å². The van der Waals surface area contributed by atoms with Gasteiger partial charge in [0, 0.05) is 5.92 Å². The second-order valence-electron chi connectivity index (χ2n) is 7.10. The molecule has 0 saturated heterocycles. The molecule has 0 bridgehead atoms. The van der Waals surface area contributed by atoms with Crippen molar-refractivity contribution in [3.8, 4) is 0 Å². The molecule has 1 saturated carbocycles. The van der Waals surface area contributed by atoms with Crippen molar-refractivity contribution in [1.82, 2.24) is 20.8 Å². The van der Waals surface area contributed by atoms with E-state index in [-0.39, 0.29) is 24.3 Å². The van der Waals surface area contributed by atoms with Crippen molar-refractivity contribution in [2.24, 2.45) is 11.7 Å². The summed E-state index contributed by atoms with van der Waals surface area (Å²) in [7, 11) is 0. The molecule has 0 spiro atoms. The highest BCUT2D eigenvalue weighted by molar-refractivity contribution is 5.87. The Kier molecular flexibility index (Phi) is 6.92. The Labute approximate surface area is 148 Å². The molecule has 1 fully saturated rings. The molecule has 25 heavy (non-hydrogen) atoms. The second-order valence-corrected chi connectivity index (χ2v) is 7.10. The lowest BCUT2D eigenvalue weighted by atomic mass is 9.89. The van der Waals surface area contributed by atoms with Gasteiger partial charge >= 0.3 is 0 Å². The number of aromatic nitrogens is 2. The Balaban J connectivity index is 1.81. The van der Waals surface area contributed by atoms with Gasteiger partial charge in [0.05, 0.1) is 12.6 Å². The van der Waals surface area contributed by atoms with Gasteiger partial charge in [0.1, 0.15) is 6.04 Å². The summed E-state index contributed by atoms with van der Waals surface area (Å²) < 4.78 is 5.29. The summed E-state index contributed by atoms with van der Waals surface area (Å²) in [6.45, 7) is 5.35. The molecule has 1 aromatic heterocycles. The number of nitrogens with zero attached hydrogens (tertiary/aromatic N) is 2. The molecule has 8 heteroatoms. The van der Waals surface area contributed by atoms with Crippen LogP contribution in [0.2, 0.25) is 0 Å². The van der Waals surface area contributed by atoms with Gasteiger partial charge in [0.25, 0.3) is 0 Å². The maximum absolute atomic E-state index is 12.0. The zero-order chi connectivity index (χ0) is 18.4. The standard InChI is InChI=1S/C17H29N5O3/c1-10(2)14(18)16(24)19-9-13(23)20-11(3)17-21-15(22-25-17)12-7-5-4-6-8-12/h10-12,14H,4-9,18H2,1-3H3,(H,19,24)(H,20,23)/t11?,14-/m0/s1. The second kappa shape index (κ2) is 8.94.